The lowest BCUT2D eigenvalue weighted by atomic mass is 10.2. The first-order valence-electron chi connectivity index (χ1n) is 5.62. The van der Waals surface area contributed by atoms with Crippen LogP contribution < -0.4 is 5.32 Å². The molecular formula is C12H20BrNOS. The fourth-order valence-electron chi connectivity index (χ4n) is 1.27. The van der Waals surface area contributed by atoms with E-state index in [4.69, 9.17) is 4.74 Å². The molecule has 0 aliphatic heterocycles. The number of rotatable bonds is 7. The molecule has 1 rings (SSSR count). The van der Waals surface area contributed by atoms with Crippen LogP contribution in [0, 0.1) is 5.92 Å². The number of thiophene rings is 1. The topological polar surface area (TPSA) is 21.3 Å². The Kier molecular flexibility index (Phi) is 6.58. The number of hydrogen-bond acceptors (Lipinski definition) is 3. The van der Waals surface area contributed by atoms with Gasteiger partial charge in [0.25, 0.3) is 0 Å². The second-order valence-corrected chi connectivity index (χ2v) is 6.76. The van der Waals surface area contributed by atoms with Gasteiger partial charge in [0.15, 0.2) is 0 Å². The molecule has 0 bridgehead atoms. The third-order valence-corrected chi connectivity index (χ3v) is 3.65. The highest BCUT2D eigenvalue weighted by Gasteiger charge is 2.03. The van der Waals surface area contributed by atoms with Crippen molar-refractivity contribution < 1.29 is 4.74 Å². The van der Waals surface area contributed by atoms with Crippen molar-refractivity contribution >= 4 is 27.3 Å². The highest BCUT2D eigenvalue weighted by molar-refractivity contribution is 9.11. The van der Waals surface area contributed by atoms with Crippen LogP contribution in [-0.2, 0) is 11.3 Å². The number of hydrogen-bond donors (Lipinski definition) is 1. The van der Waals surface area contributed by atoms with Gasteiger partial charge in [-0.15, -0.1) is 11.3 Å². The molecule has 0 spiro atoms. The van der Waals surface area contributed by atoms with Gasteiger partial charge in [0.05, 0.1) is 10.4 Å². The summed E-state index contributed by atoms with van der Waals surface area (Å²) in [5.41, 5.74) is 1.33. The van der Waals surface area contributed by atoms with Crippen molar-refractivity contribution in [3.63, 3.8) is 0 Å². The Morgan fingerprint density at radius 2 is 2.12 bits per heavy atom. The van der Waals surface area contributed by atoms with Gasteiger partial charge in [-0.25, -0.2) is 0 Å². The predicted molar refractivity (Wildman–Crippen MR) is 74.0 cm³/mol. The number of halogens is 1. The summed E-state index contributed by atoms with van der Waals surface area (Å²) in [7, 11) is 0. The lowest BCUT2D eigenvalue weighted by molar-refractivity contribution is 0.0935. The predicted octanol–water partition coefficient (Wildman–Crippen LogP) is 3.66. The minimum atomic E-state index is 0.400. The molecule has 0 aromatic carbocycles. The van der Waals surface area contributed by atoms with Crippen molar-refractivity contribution in [3.8, 4) is 0 Å². The second-order valence-electron chi connectivity index (χ2n) is 4.47. The summed E-state index contributed by atoms with van der Waals surface area (Å²) in [5.74, 6) is 0.611. The van der Waals surface area contributed by atoms with Crippen LogP contribution in [0.3, 0.4) is 0 Å². The Bertz CT molecular complexity index is 301. The van der Waals surface area contributed by atoms with Gasteiger partial charge in [-0.05, 0) is 45.8 Å². The van der Waals surface area contributed by atoms with Crippen molar-refractivity contribution in [3.05, 3.63) is 20.8 Å². The van der Waals surface area contributed by atoms with Crippen LogP contribution in [0.25, 0.3) is 0 Å². The highest BCUT2D eigenvalue weighted by atomic mass is 79.9. The first-order chi connectivity index (χ1) is 7.58. The average Bonchev–Trinajstić information content (AvgIpc) is 2.61. The summed E-state index contributed by atoms with van der Waals surface area (Å²) in [6.45, 7) is 9.03. The normalized spacial score (nSPS) is 13.3. The van der Waals surface area contributed by atoms with E-state index in [9.17, 15) is 0 Å². The zero-order valence-corrected chi connectivity index (χ0v) is 12.5. The van der Waals surface area contributed by atoms with Crippen molar-refractivity contribution in [2.24, 2.45) is 5.92 Å². The van der Waals surface area contributed by atoms with E-state index in [1.807, 2.05) is 0 Å². The molecule has 1 unspecified atom stereocenters. The third-order valence-electron chi connectivity index (χ3n) is 2.10. The molecule has 1 atom stereocenters. The molecular weight excluding hydrogens is 286 g/mol. The van der Waals surface area contributed by atoms with Crippen molar-refractivity contribution in [2.45, 2.75) is 33.4 Å². The van der Waals surface area contributed by atoms with Crippen LogP contribution in [-0.4, -0.2) is 19.3 Å². The maximum atomic E-state index is 5.58. The molecule has 1 N–H and O–H groups in total. The van der Waals surface area contributed by atoms with E-state index >= 15 is 0 Å². The van der Waals surface area contributed by atoms with Gasteiger partial charge in [-0.3, -0.25) is 0 Å². The van der Waals surface area contributed by atoms with Crippen molar-refractivity contribution in [1.29, 1.82) is 0 Å². The summed E-state index contributed by atoms with van der Waals surface area (Å²) in [5, 5.41) is 5.61. The van der Waals surface area contributed by atoms with E-state index in [2.05, 4.69) is 53.5 Å². The summed E-state index contributed by atoms with van der Waals surface area (Å²) in [6, 6.07) is 2.55. The van der Waals surface area contributed by atoms with Crippen LogP contribution in [0.4, 0.5) is 0 Å². The number of nitrogens with one attached hydrogen (secondary N) is 1. The summed E-state index contributed by atoms with van der Waals surface area (Å²) in [6.07, 6.45) is 0. The van der Waals surface area contributed by atoms with Crippen molar-refractivity contribution in [1.82, 2.24) is 5.32 Å². The van der Waals surface area contributed by atoms with Gasteiger partial charge in [0.2, 0.25) is 0 Å². The molecule has 0 amide bonds. The SMILES string of the molecule is CC(C)COCC(C)NCc1csc(Br)c1. The minimum absolute atomic E-state index is 0.400. The Morgan fingerprint density at radius 3 is 2.69 bits per heavy atom. The molecule has 0 saturated carbocycles. The number of ether oxygens (including phenoxy) is 1. The van der Waals surface area contributed by atoms with E-state index < -0.39 is 0 Å². The van der Waals surface area contributed by atoms with Crippen LogP contribution >= 0.6 is 27.3 Å². The van der Waals surface area contributed by atoms with Gasteiger partial charge in [-0.2, -0.15) is 0 Å². The van der Waals surface area contributed by atoms with E-state index in [0.717, 1.165) is 19.8 Å². The zero-order valence-electron chi connectivity index (χ0n) is 10.1. The molecule has 16 heavy (non-hydrogen) atoms. The summed E-state index contributed by atoms with van der Waals surface area (Å²) in [4.78, 5) is 0. The molecule has 4 heteroatoms. The quantitative estimate of drug-likeness (QED) is 0.830. The maximum absolute atomic E-state index is 5.58. The molecule has 1 aromatic rings. The Morgan fingerprint density at radius 1 is 1.38 bits per heavy atom. The summed E-state index contributed by atoms with van der Waals surface area (Å²) < 4.78 is 6.77. The molecule has 1 aromatic heterocycles. The molecule has 0 saturated heterocycles. The molecule has 0 fully saturated rings. The largest absolute Gasteiger partial charge is 0.380 e. The second kappa shape index (κ2) is 7.43. The van der Waals surface area contributed by atoms with Gasteiger partial charge in [0.1, 0.15) is 0 Å². The molecule has 0 aliphatic rings. The third kappa shape index (κ3) is 5.99. The van der Waals surface area contributed by atoms with Gasteiger partial charge < -0.3 is 10.1 Å². The first-order valence-corrected chi connectivity index (χ1v) is 7.29. The molecule has 0 radical (unpaired) electrons. The molecule has 92 valence electrons. The standard InChI is InChI=1S/C12H20BrNOS/c1-9(2)6-15-7-10(3)14-5-11-4-12(13)16-8-11/h4,8-10,14H,5-7H2,1-3H3. The molecule has 2 nitrogen and oxygen atoms in total. The first kappa shape index (κ1) is 14.2. The zero-order chi connectivity index (χ0) is 12.0. The monoisotopic (exact) mass is 305 g/mol. The van der Waals surface area contributed by atoms with Gasteiger partial charge in [0, 0.05) is 19.2 Å². The fraction of sp³-hybridized carbons (Fsp3) is 0.667. The Labute approximate surface area is 111 Å². The van der Waals surface area contributed by atoms with Crippen LogP contribution in [0.2, 0.25) is 0 Å². The van der Waals surface area contributed by atoms with Gasteiger partial charge in [-0.1, -0.05) is 13.8 Å². The Hall–Kier alpha value is 0.100. The van der Waals surface area contributed by atoms with E-state index in [0.29, 0.717) is 12.0 Å². The lowest BCUT2D eigenvalue weighted by Crippen LogP contribution is -2.30. The van der Waals surface area contributed by atoms with Crippen LogP contribution in [0.1, 0.15) is 26.3 Å². The minimum Gasteiger partial charge on any atom is -0.380 e. The average molecular weight is 306 g/mol. The van der Waals surface area contributed by atoms with Crippen LogP contribution in [0.5, 0.6) is 0 Å². The fourth-order valence-corrected chi connectivity index (χ4v) is 2.48. The molecule has 1 heterocycles. The maximum Gasteiger partial charge on any atom is 0.0701 e. The van der Waals surface area contributed by atoms with Crippen LogP contribution in [0.15, 0.2) is 15.2 Å². The van der Waals surface area contributed by atoms with Gasteiger partial charge >= 0.3 is 0 Å². The highest BCUT2D eigenvalue weighted by Crippen LogP contribution is 2.20. The summed E-state index contributed by atoms with van der Waals surface area (Å²) >= 11 is 5.19. The van der Waals surface area contributed by atoms with Crippen molar-refractivity contribution in [2.75, 3.05) is 13.2 Å². The Balaban J connectivity index is 2.12. The van der Waals surface area contributed by atoms with E-state index in [-0.39, 0.29) is 0 Å². The van der Waals surface area contributed by atoms with E-state index in [1.54, 1.807) is 11.3 Å². The molecule has 0 aliphatic carbocycles. The van der Waals surface area contributed by atoms with E-state index in [1.165, 1.54) is 9.35 Å². The smallest absolute Gasteiger partial charge is 0.0701 e. The lowest BCUT2D eigenvalue weighted by Gasteiger charge is -2.14.